The zero-order chi connectivity index (χ0) is 17.9. The molecule has 1 aliphatic carbocycles. The summed E-state index contributed by atoms with van der Waals surface area (Å²) in [5, 5.41) is 2.49. The van der Waals surface area contributed by atoms with Gasteiger partial charge in [-0.3, -0.25) is 4.98 Å². The molecule has 1 aromatic heterocycles. The van der Waals surface area contributed by atoms with E-state index in [1.165, 1.54) is 21.2 Å². The Hall–Kier alpha value is -2.23. The standard InChI is InChI=1S/C22H19ClN2S/c1-15-6-9-18(25-26-19-10-7-17(23)8-11-19)14-21(15)22-20-5-3-2-4-16(20)12-13-24-22/h2-7,9-14,17,25H,8H2,1H3. The number of rotatable bonds is 4. The molecule has 0 amide bonds. The second-order valence-electron chi connectivity index (χ2n) is 6.33. The Labute approximate surface area is 163 Å². The number of pyridine rings is 1. The van der Waals surface area contributed by atoms with Crippen LogP contribution in [0.5, 0.6) is 0 Å². The Morgan fingerprint density at radius 2 is 2.04 bits per heavy atom. The number of hydrogen-bond donors (Lipinski definition) is 1. The van der Waals surface area contributed by atoms with Crippen LogP contribution >= 0.6 is 23.5 Å². The molecule has 0 saturated heterocycles. The van der Waals surface area contributed by atoms with Gasteiger partial charge in [0.1, 0.15) is 0 Å². The lowest BCUT2D eigenvalue weighted by Crippen LogP contribution is -1.97. The molecule has 1 atom stereocenters. The van der Waals surface area contributed by atoms with E-state index in [1.54, 1.807) is 11.9 Å². The highest BCUT2D eigenvalue weighted by Crippen LogP contribution is 2.32. The smallest absolute Gasteiger partial charge is 0.0783 e. The van der Waals surface area contributed by atoms with Gasteiger partial charge in [-0.1, -0.05) is 42.5 Å². The number of nitrogens with zero attached hydrogens (tertiary/aromatic N) is 1. The van der Waals surface area contributed by atoms with E-state index in [4.69, 9.17) is 11.6 Å². The molecule has 0 spiro atoms. The first-order valence-electron chi connectivity index (χ1n) is 8.61. The summed E-state index contributed by atoms with van der Waals surface area (Å²) in [6, 6.07) is 16.9. The van der Waals surface area contributed by atoms with E-state index in [1.807, 2.05) is 12.3 Å². The van der Waals surface area contributed by atoms with E-state index < -0.39 is 0 Å². The first-order chi connectivity index (χ1) is 12.7. The van der Waals surface area contributed by atoms with Gasteiger partial charge in [0.15, 0.2) is 0 Å². The van der Waals surface area contributed by atoms with Crippen LogP contribution in [-0.2, 0) is 0 Å². The third kappa shape index (κ3) is 3.64. The Morgan fingerprint density at radius 1 is 1.15 bits per heavy atom. The van der Waals surface area contributed by atoms with Crippen molar-refractivity contribution >= 4 is 40.0 Å². The number of halogens is 1. The number of hydrogen-bond acceptors (Lipinski definition) is 3. The predicted octanol–water partition coefficient (Wildman–Crippen LogP) is 6.72. The van der Waals surface area contributed by atoms with Crippen LogP contribution in [0, 0.1) is 6.92 Å². The van der Waals surface area contributed by atoms with Gasteiger partial charge < -0.3 is 4.72 Å². The van der Waals surface area contributed by atoms with Crippen LogP contribution in [0.4, 0.5) is 5.69 Å². The lowest BCUT2D eigenvalue weighted by atomic mass is 10.00. The van der Waals surface area contributed by atoms with Crippen molar-refractivity contribution in [2.45, 2.75) is 18.7 Å². The lowest BCUT2D eigenvalue weighted by Gasteiger charge is -2.14. The summed E-state index contributed by atoms with van der Waals surface area (Å²) in [7, 11) is 0. The minimum Gasteiger partial charge on any atom is -0.326 e. The fourth-order valence-electron chi connectivity index (χ4n) is 3.04. The van der Waals surface area contributed by atoms with Crippen molar-refractivity contribution in [3.05, 3.63) is 83.4 Å². The van der Waals surface area contributed by atoms with Crippen molar-refractivity contribution in [3.8, 4) is 11.3 Å². The Morgan fingerprint density at radius 3 is 2.88 bits per heavy atom. The lowest BCUT2D eigenvalue weighted by molar-refractivity contribution is 1.04. The number of aryl methyl sites for hydroxylation is 1. The second-order valence-corrected chi connectivity index (χ2v) is 7.77. The van der Waals surface area contributed by atoms with Crippen LogP contribution in [0.1, 0.15) is 12.0 Å². The minimum absolute atomic E-state index is 0.114. The van der Waals surface area contributed by atoms with Crippen molar-refractivity contribution in [2.75, 3.05) is 4.72 Å². The van der Waals surface area contributed by atoms with Gasteiger partial charge in [0.25, 0.3) is 0 Å². The number of anilines is 1. The molecule has 0 fully saturated rings. The molecule has 1 aliphatic rings. The van der Waals surface area contributed by atoms with Gasteiger partial charge in [-0.2, -0.15) is 0 Å². The molecule has 2 nitrogen and oxygen atoms in total. The van der Waals surface area contributed by atoms with E-state index in [9.17, 15) is 0 Å². The minimum atomic E-state index is 0.114. The van der Waals surface area contributed by atoms with Gasteiger partial charge >= 0.3 is 0 Å². The van der Waals surface area contributed by atoms with Gasteiger partial charge in [-0.15, -0.1) is 11.6 Å². The zero-order valence-corrected chi connectivity index (χ0v) is 16.0. The number of fused-ring (bicyclic) bond motifs is 1. The Kier molecular flexibility index (Phi) is 5.00. The summed E-state index contributed by atoms with van der Waals surface area (Å²) in [5.41, 5.74) is 4.45. The topological polar surface area (TPSA) is 24.9 Å². The highest BCUT2D eigenvalue weighted by molar-refractivity contribution is 8.04. The van der Waals surface area contributed by atoms with Gasteiger partial charge in [-0.25, -0.2) is 0 Å². The summed E-state index contributed by atoms with van der Waals surface area (Å²) >= 11 is 7.70. The highest BCUT2D eigenvalue weighted by atomic mass is 35.5. The highest BCUT2D eigenvalue weighted by Gasteiger charge is 2.10. The Balaban J connectivity index is 1.63. The number of nitrogens with one attached hydrogen (secondary N) is 1. The van der Waals surface area contributed by atoms with Crippen molar-refractivity contribution in [1.82, 2.24) is 4.98 Å². The van der Waals surface area contributed by atoms with E-state index in [0.717, 1.165) is 23.4 Å². The van der Waals surface area contributed by atoms with Crippen molar-refractivity contribution in [1.29, 1.82) is 0 Å². The number of alkyl halides is 1. The third-order valence-electron chi connectivity index (χ3n) is 4.47. The van der Waals surface area contributed by atoms with Gasteiger partial charge in [0, 0.05) is 27.7 Å². The molecule has 1 unspecified atom stereocenters. The number of benzene rings is 2. The fourth-order valence-corrected chi connectivity index (χ4v) is 3.89. The molecule has 1 heterocycles. The van der Waals surface area contributed by atoms with Crippen LogP contribution in [0.25, 0.3) is 22.0 Å². The van der Waals surface area contributed by atoms with Crippen molar-refractivity contribution < 1.29 is 0 Å². The van der Waals surface area contributed by atoms with Crippen LogP contribution in [0.15, 0.2) is 77.9 Å². The number of allylic oxidation sites excluding steroid dienone is 3. The Bertz CT molecular complexity index is 1000. The van der Waals surface area contributed by atoms with Gasteiger partial charge in [-0.05, 0) is 60.5 Å². The van der Waals surface area contributed by atoms with E-state index in [2.05, 4.69) is 77.3 Å². The van der Waals surface area contributed by atoms with Crippen molar-refractivity contribution in [3.63, 3.8) is 0 Å². The molecule has 3 aromatic rings. The molecule has 0 saturated carbocycles. The molecular formula is C22H19ClN2S. The molecule has 26 heavy (non-hydrogen) atoms. The molecule has 0 radical (unpaired) electrons. The maximum Gasteiger partial charge on any atom is 0.0783 e. The molecule has 0 bridgehead atoms. The zero-order valence-electron chi connectivity index (χ0n) is 14.4. The van der Waals surface area contributed by atoms with E-state index in [0.29, 0.717) is 0 Å². The van der Waals surface area contributed by atoms with Gasteiger partial charge in [0.05, 0.1) is 11.1 Å². The van der Waals surface area contributed by atoms with Crippen LogP contribution in [0.3, 0.4) is 0 Å². The average molecular weight is 379 g/mol. The summed E-state index contributed by atoms with van der Waals surface area (Å²) in [4.78, 5) is 5.85. The summed E-state index contributed by atoms with van der Waals surface area (Å²) in [6.07, 6.45) is 9.02. The first-order valence-corrected chi connectivity index (χ1v) is 9.86. The molecule has 2 aromatic carbocycles. The molecule has 0 aliphatic heterocycles. The molecule has 1 N–H and O–H groups in total. The van der Waals surface area contributed by atoms with E-state index >= 15 is 0 Å². The monoisotopic (exact) mass is 378 g/mol. The van der Waals surface area contributed by atoms with Crippen LogP contribution < -0.4 is 4.72 Å². The number of aromatic nitrogens is 1. The normalized spacial score (nSPS) is 16.5. The molecule has 4 heteroatoms. The first kappa shape index (κ1) is 17.2. The fraction of sp³-hybridized carbons (Fsp3) is 0.136. The summed E-state index contributed by atoms with van der Waals surface area (Å²) in [5.74, 6) is 0. The second kappa shape index (κ2) is 7.56. The average Bonchev–Trinajstić information content (AvgIpc) is 2.68. The molecular weight excluding hydrogens is 360 g/mol. The molecule has 4 rings (SSSR count). The maximum atomic E-state index is 6.08. The molecule has 130 valence electrons. The van der Waals surface area contributed by atoms with Crippen molar-refractivity contribution in [2.24, 2.45) is 0 Å². The quantitative estimate of drug-likeness (QED) is 0.402. The maximum absolute atomic E-state index is 6.08. The van der Waals surface area contributed by atoms with Crippen LogP contribution in [0.2, 0.25) is 0 Å². The van der Waals surface area contributed by atoms with E-state index in [-0.39, 0.29) is 5.38 Å². The SMILES string of the molecule is Cc1ccc(NSC2=CCC(Cl)C=C2)cc1-c1nccc2ccccc12. The summed E-state index contributed by atoms with van der Waals surface area (Å²) in [6.45, 7) is 2.13. The predicted molar refractivity (Wildman–Crippen MR) is 115 cm³/mol. The third-order valence-corrected chi connectivity index (χ3v) is 5.67. The summed E-state index contributed by atoms with van der Waals surface area (Å²) < 4.78 is 3.44. The van der Waals surface area contributed by atoms with Crippen LogP contribution in [-0.4, -0.2) is 10.4 Å². The van der Waals surface area contributed by atoms with Gasteiger partial charge in [0.2, 0.25) is 0 Å². The largest absolute Gasteiger partial charge is 0.326 e.